The van der Waals surface area contributed by atoms with E-state index in [9.17, 15) is 9.59 Å². The lowest BCUT2D eigenvalue weighted by Crippen LogP contribution is -2.46. The number of ether oxygens (including phenoxy) is 1. The monoisotopic (exact) mass is 474 g/mol. The van der Waals surface area contributed by atoms with Crippen molar-refractivity contribution < 1.29 is 14.3 Å². The van der Waals surface area contributed by atoms with Crippen molar-refractivity contribution in [2.24, 2.45) is 11.8 Å². The molecule has 168 valence electrons. The minimum Gasteiger partial charge on any atom is -0.497 e. The molecule has 32 heavy (non-hydrogen) atoms. The summed E-state index contributed by atoms with van der Waals surface area (Å²) in [6.07, 6.45) is 3.96. The van der Waals surface area contributed by atoms with Gasteiger partial charge >= 0.3 is 0 Å². The van der Waals surface area contributed by atoms with Gasteiger partial charge in [-0.3, -0.25) is 14.5 Å². The first-order valence-electron chi connectivity index (χ1n) is 10.7. The summed E-state index contributed by atoms with van der Waals surface area (Å²) < 4.78 is 5.25. The molecule has 1 aromatic heterocycles. The number of methoxy groups -OCH3 is 1. The normalized spacial score (nSPS) is 28.3. The largest absolute Gasteiger partial charge is 0.497 e. The van der Waals surface area contributed by atoms with Gasteiger partial charge in [-0.05, 0) is 43.5 Å². The SMILES string of the molecule is COc1ccnc(N(C=O)C(=O)C2C3CCCN3C3(CNc4c(Cl)cc(Cl)cc43)C2C)c1. The number of nitrogens with zero attached hydrogens (tertiary/aromatic N) is 3. The fourth-order valence-electron chi connectivity index (χ4n) is 6.05. The Morgan fingerprint density at radius 3 is 2.94 bits per heavy atom. The molecule has 0 bridgehead atoms. The summed E-state index contributed by atoms with van der Waals surface area (Å²) in [6.45, 7) is 3.61. The molecule has 0 aliphatic carbocycles. The Hall–Kier alpha value is -2.35. The van der Waals surface area contributed by atoms with Gasteiger partial charge in [0.25, 0.3) is 0 Å². The van der Waals surface area contributed by atoms with Gasteiger partial charge in [0.1, 0.15) is 11.6 Å². The van der Waals surface area contributed by atoms with Crippen LogP contribution in [-0.4, -0.2) is 48.4 Å². The number of pyridine rings is 1. The molecule has 0 radical (unpaired) electrons. The molecule has 2 fully saturated rings. The quantitative estimate of drug-likeness (QED) is 0.676. The first-order valence-corrected chi connectivity index (χ1v) is 11.5. The van der Waals surface area contributed by atoms with E-state index in [1.807, 2.05) is 6.07 Å². The number of benzene rings is 1. The van der Waals surface area contributed by atoms with Gasteiger partial charge in [0.15, 0.2) is 0 Å². The number of rotatable bonds is 4. The summed E-state index contributed by atoms with van der Waals surface area (Å²) in [6, 6.07) is 7.00. The molecule has 2 amide bonds. The van der Waals surface area contributed by atoms with Gasteiger partial charge in [0.2, 0.25) is 12.3 Å². The van der Waals surface area contributed by atoms with Crippen LogP contribution in [0.15, 0.2) is 30.5 Å². The second-order valence-corrected chi connectivity index (χ2v) is 9.52. The van der Waals surface area contributed by atoms with Gasteiger partial charge in [0, 0.05) is 35.4 Å². The smallest absolute Gasteiger partial charge is 0.239 e. The number of halogens is 2. The Labute approximate surface area is 196 Å². The molecular formula is C23H24Cl2N4O3. The molecule has 1 aromatic carbocycles. The molecule has 3 aliphatic heterocycles. The number of imide groups is 1. The molecule has 7 nitrogen and oxygen atoms in total. The van der Waals surface area contributed by atoms with Crippen molar-refractivity contribution in [2.45, 2.75) is 31.3 Å². The maximum absolute atomic E-state index is 13.8. The van der Waals surface area contributed by atoms with Gasteiger partial charge in [0.05, 0.1) is 29.3 Å². The first-order chi connectivity index (χ1) is 15.4. The lowest BCUT2D eigenvalue weighted by molar-refractivity contribution is -0.126. The van der Waals surface area contributed by atoms with E-state index in [2.05, 4.69) is 22.1 Å². The Morgan fingerprint density at radius 2 is 2.19 bits per heavy atom. The molecular weight excluding hydrogens is 451 g/mol. The predicted molar refractivity (Wildman–Crippen MR) is 123 cm³/mol. The number of fused-ring (bicyclic) bond motifs is 4. The summed E-state index contributed by atoms with van der Waals surface area (Å²) >= 11 is 12.9. The number of carbonyl (C=O) groups excluding carboxylic acids is 2. The lowest BCUT2D eigenvalue weighted by atomic mass is 9.75. The number of carbonyl (C=O) groups is 2. The zero-order valence-corrected chi connectivity index (χ0v) is 19.4. The van der Waals surface area contributed by atoms with Crippen LogP contribution in [0.3, 0.4) is 0 Å². The number of amides is 2. The van der Waals surface area contributed by atoms with Crippen molar-refractivity contribution in [1.29, 1.82) is 0 Å². The molecule has 2 aromatic rings. The third kappa shape index (κ3) is 2.95. The van der Waals surface area contributed by atoms with E-state index in [4.69, 9.17) is 27.9 Å². The van der Waals surface area contributed by atoms with Gasteiger partial charge in [-0.2, -0.15) is 0 Å². The molecule has 4 unspecified atom stereocenters. The highest BCUT2D eigenvalue weighted by atomic mass is 35.5. The molecule has 0 saturated carbocycles. The van der Waals surface area contributed by atoms with Crippen LogP contribution in [0.2, 0.25) is 10.0 Å². The Kier molecular flexibility index (Phi) is 5.31. The number of nitrogens with one attached hydrogen (secondary N) is 1. The van der Waals surface area contributed by atoms with Crippen LogP contribution in [-0.2, 0) is 15.1 Å². The van der Waals surface area contributed by atoms with E-state index < -0.39 is 5.54 Å². The van der Waals surface area contributed by atoms with Crippen molar-refractivity contribution in [1.82, 2.24) is 9.88 Å². The molecule has 5 rings (SSSR count). The van der Waals surface area contributed by atoms with Crippen LogP contribution < -0.4 is 15.0 Å². The van der Waals surface area contributed by atoms with E-state index in [0.29, 0.717) is 28.7 Å². The maximum Gasteiger partial charge on any atom is 0.239 e. The van der Waals surface area contributed by atoms with E-state index in [-0.39, 0.29) is 29.6 Å². The highest BCUT2D eigenvalue weighted by molar-refractivity contribution is 6.36. The molecule has 1 N–H and O–H groups in total. The second-order valence-electron chi connectivity index (χ2n) is 8.67. The summed E-state index contributed by atoms with van der Waals surface area (Å²) in [5.74, 6) is 0.103. The Morgan fingerprint density at radius 1 is 1.38 bits per heavy atom. The second kappa shape index (κ2) is 7.90. The molecule has 4 heterocycles. The molecule has 1 spiro atoms. The maximum atomic E-state index is 13.8. The average Bonchev–Trinajstić information content (AvgIpc) is 3.45. The molecule has 9 heteroatoms. The zero-order chi connectivity index (χ0) is 22.6. The minimum atomic E-state index is -0.415. The summed E-state index contributed by atoms with van der Waals surface area (Å²) in [5.41, 5.74) is 1.49. The Bertz CT molecular complexity index is 1100. The standard InChI is InChI=1S/C23H24Cl2N4O3/c1-13-20(22(31)28(12-30)19-10-15(32-2)5-6-26-19)18-4-3-7-29(18)23(13)11-27-21-16(23)8-14(24)9-17(21)25/h5-6,8-10,12-13,18,20,27H,3-4,7,11H2,1-2H3. The van der Waals surface area contributed by atoms with Gasteiger partial charge in [-0.25, -0.2) is 9.88 Å². The third-order valence-electron chi connectivity index (χ3n) is 7.40. The number of aromatic nitrogens is 1. The van der Waals surface area contributed by atoms with E-state index in [0.717, 1.165) is 35.5 Å². The fraction of sp³-hybridized carbons (Fsp3) is 0.435. The van der Waals surface area contributed by atoms with Crippen molar-refractivity contribution in [2.75, 3.05) is 30.4 Å². The number of hydrogen-bond acceptors (Lipinski definition) is 6. The first kappa shape index (κ1) is 21.5. The van der Waals surface area contributed by atoms with Gasteiger partial charge in [-0.1, -0.05) is 30.1 Å². The summed E-state index contributed by atoms with van der Waals surface area (Å²) in [5, 5.41) is 4.62. The predicted octanol–water partition coefficient (Wildman–Crippen LogP) is 3.94. The Balaban J connectivity index is 1.57. The molecule has 3 aliphatic rings. The zero-order valence-electron chi connectivity index (χ0n) is 17.8. The van der Waals surface area contributed by atoms with E-state index in [1.54, 1.807) is 18.2 Å². The van der Waals surface area contributed by atoms with Crippen LogP contribution >= 0.6 is 23.2 Å². The van der Waals surface area contributed by atoms with Crippen LogP contribution in [0.25, 0.3) is 0 Å². The highest BCUT2D eigenvalue weighted by Crippen LogP contribution is 2.58. The van der Waals surface area contributed by atoms with Crippen LogP contribution in [0, 0.1) is 11.8 Å². The fourth-order valence-corrected chi connectivity index (χ4v) is 6.61. The van der Waals surface area contributed by atoms with E-state index >= 15 is 0 Å². The topological polar surface area (TPSA) is 74.8 Å². The lowest BCUT2D eigenvalue weighted by Gasteiger charge is -2.38. The van der Waals surface area contributed by atoms with Crippen molar-refractivity contribution in [3.05, 3.63) is 46.1 Å². The average molecular weight is 475 g/mol. The third-order valence-corrected chi connectivity index (χ3v) is 7.92. The van der Waals surface area contributed by atoms with Gasteiger partial charge < -0.3 is 10.1 Å². The summed E-state index contributed by atoms with van der Waals surface area (Å²) in [4.78, 5) is 33.7. The van der Waals surface area contributed by atoms with Crippen LogP contribution in [0.1, 0.15) is 25.3 Å². The van der Waals surface area contributed by atoms with Crippen molar-refractivity contribution in [3.63, 3.8) is 0 Å². The van der Waals surface area contributed by atoms with Crippen molar-refractivity contribution >= 4 is 47.0 Å². The summed E-state index contributed by atoms with van der Waals surface area (Å²) in [7, 11) is 1.53. The van der Waals surface area contributed by atoms with E-state index in [1.165, 1.54) is 13.3 Å². The van der Waals surface area contributed by atoms with Crippen LogP contribution in [0.4, 0.5) is 11.5 Å². The highest BCUT2D eigenvalue weighted by Gasteiger charge is 2.63. The van der Waals surface area contributed by atoms with Crippen LogP contribution in [0.5, 0.6) is 5.75 Å². The molecule has 2 saturated heterocycles. The number of anilines is 2. The van der Waals surface area contributed by atoms with Crippen molar-refractivity contribution in [3.8, 4) is 5.75 Å². The minimum absolute atomic E-state index is 0.0241. The number of hydrogen-bond donors (Lipinski definition) is 1. The van der Waals surface area contributed by atoms with Gasteiger partial charge in [-0.15, -0.1) is 0 Å². The molecule has 4 atom stereocenters.